The van der Waals surface area contributed by atoms with Gasteiger partial charge >= 0.3 is 0 Å². The van der Waals surface area contributed by atoms with Crippen molar-refractivity contribution >= 4 is 5.91 Å². The third-order valence-electron chi connectivity index (χ3n) is 3.64. The zero-order valence-corrected chi connectivity index (χ0v) is 11.4. The van der Waals surface area contributed by atoms with E-state index in [0.29, 0.717) is 12.2 Å². The fourth-order valence-electron chi connectivity index (χ4n) is 2.54. The average Bonchev–Trinajstić information content (AvgIpc) is 3.19. The number of benzene rings is 1. The second-order valence-electron chi connectivity index (χ2n) is 5.07. The van der Waals surface area contributed by atoms with Crippen LogP contribution < -0.4 is 5.32 Å². The topological polar surface area (TPSA) is 51.5 Å². The molecule has 2 heterocycles. The number of amides is 1. The summed E-state index contributed by atoms with van der Waals surface area (Å²) in [6, 6.07) is 7.44. The first-order chi connectivity index (χ1) is 10.2. The van der Waals surface area contributed by atoms with Crippen LogP contribution in [0.4, 0.5) is 4.39 Å². The molecule has 0 aliphatic carbocycles. The molecular formula is C16H16FNO3. The summed E-state index contributed by atoms with van der Waals surface area (Å²) in [5.41, 5.74) is 1.29. The Morgan fingerprint density at radius 2 is 2.10 bits per heavy atom. The van der Waals surface area contributed by atoms with Gasteiger partial charge in [-0.05, 0) is 36.6 Å². The fourth-order valence-corrected chi connectivity index (χ4v) is 2.54. The number of nitrogens with one attached hydrogen (secondary N) is 1. The Bertz CT molecular complexity index is 588. The molecule has 21 heavy (non-hydrogen) atoms. The van der Waals surface area contributed by atoms with E-state index in [1.54, 1.807) is 18.2 Å². The molecule has 1 aromatic heterocycles. The van der Waals surface area contributed by atoms with E-state index in [-0.39, 0.29) is 23.9 Å². The summed E-state index contributed by atoms with van der Waals surface area (Å²) in [6.45, 7) is 0.684. The van der Waals surface area contributed by atoms with Crippen LogP contribution in [-0.4, -0.2) is 18.6 Å². The summed E-state index contributed by atoms with van der Waals surface area (Å²) in [6.07, 6.45) is 4.59. The quantitative estimate of drug-likeness (QED) is 0.941. The minimum Gasteiger partial charge on any atom is -0.472 e. The van der Waals surface area contributed by atoms with Crippen LogP contribution in [0.2, 0.25) is 0 Å². The van der Waals surface area contributed by atoms with E-state index in [1.807, 2.05) is 0 Å². The van der Waals surface area contributed by atoms with E-state index in [1.165, 1.54) is 24.7 Å². The third kappa shape index (κ3) is 3.13. The molecule has 0 unspecified atom stereocenters. The normalized spacial score (nSPS) is 19.4. The van der Waals surface area contributed by atoms with Crippen LogP contribution in [0.3, 0.4) is 0 Å². The second-order valence-corrected chi connectivity index (χ2v) is 5.07. The van der Waals surface area contributed by atoms with Gasteiger partial charge in [0, 0.05) is 6.61 Å². The monoisotopic (exact) mass is 289 g/mol. The van der Waals surface area contributed by atoms with Crippen molar-refractivity contribution in [2.45, 2.75) is 25.0 Å². The van der Waals surface area contributed by atoms with Crippen LogP contribution in [-0.2, 0) is 4.74 Å². The Morgan fingerprint density at radius 3 is 2.71 bits per heavy atom. The van der Waals surface area contributed by atoms with Crippen molar-refractivity contribution in [1.29, 1.82) is 0 Å². The molecule has 5 heteroatoms. The molecule has 0 saturated carbocycles. The highest BCUT2D eigenvalue weighted by molar-refractivity contribution is 5.94. The SMILES string of the molecule is O=C(N[C@@H](c1ccc(F)cc1)[C@H]1CCCO1)c1ccoc1. The second kappa shape index (κ2) is 6.10. The lowest BCUT2D eigenvalue weighted by Crippen LogP contribution is -2.36. The van der Waals surface area contributed by atoms with Gasteiger partial charge in [-0.3, -0.25) is 4.79 Å². The number of carbonyl (C=O) groups is 1. The Morgan fingerprint density at radius 1 is 1.29 bits per heavy atom. The molecule has 1 amide bonds. The van der Waals surface area contributed by atoms with Gasteiger partial charge in [0.25, 0.3) is 5.91 Å². The molecule has 0 spiro atoms. The van der Waals surface area contributed by atoms with E-state index < -0.39 is 0 Å². The zero-order chi connectivity index (χ0) is 14.7. The molecule has 1 fully saturated rings. The predicted molar refractivity (Wildman–Crippen MR) is 74.3 cm³/mol. The third-order valence-corrected chi connectivity index (χ3v) is 3.64. The smallest absolute Gasteiger partial charge is 0.255 e. The van der Waals surface area contributed by atoms with Gasteiger partial charge in [-0.15, -0.1) is 0 Å². The highest BCUT2D eigenvalue weighted by Crippen LogP contribution is 2.27. The molecule has 110 valence electrons. The van der Waals surface area contributed by atoms with Crippen molar-refractivity contribution in [2.24, 2.45) is 0 Å². The highest BCUT2D eigenvalue weighted by atomic mass is 19.1. The Balaban J connectivity index is 1.82. The Hall–Kier alpha value is -2.14. The number of hydrogen-bond acceptors (Lipinski definition) is 3. The summed E-state index contributed by atoms with van der Waals surface area (Å²) in [5, 5.41) is 2.95. The molecule has 1 saturated heterocycles. The first-order valence-electron chi connectivity index (χ1n) is 6.94. The molecule has 0 bridgehead atoms. The lowest BCUT2D eigenvalue weighted by atomic mass is 9.99. The number of hydrogen-bond donors (Lipinski definition) is 1. The minimum absolute atomic E-state index is 0.0914. The summed E-state index contributed by atoms with van der Waals surface area (Å²) in [7, 11) is 0. The number of halogens is 1. The van der Waals surface area contributed by atoms with Crippen LogP contribution in [0, 0.1) is 5.82 Å². The van der Waals surface area contributed by atoms with Gasteiger partial charge in [-0.25, -0.2) is 4.39 Å². The van der Waals surface area contributed by atoms with Gasteiger partial charge in [0.15, 0.2) is 0 Å². The lowest BCUT2D eigenvalue weighted by Gasteiger charge is -2.24. The van der Waals surface area contributed by atoms with Crippen molar-refractivity contribution in [3.05, 3.63) is 59.8 Å². The zero-order valence-electron chi connectivity index (χ0n) is 11.4. The maximum absolute atomic E-state index is 13.1. The van der Waals surface area contributed by atoms with E-state index in [9.17, 15) is 9.18 Å². The van der Waals surface area contributed by atoms with Crippen LogP contribution in [0.15, 0.2) is 47.3 Å². The standard InChI is InChI=1S/C16H16FNO3/c17-13-5-3-11(4-6-13)15(14-2-1-8-21-14)18-16(19)12-7-9-20-10-12/h3-7,9-10,14-15H,1-2,8H2,(H,18,19)/t14-,15+/m1/s1. The van der Waals surface area contributed by atoms with Crippen molar-refractivity contribution in [3.63, 3.8) is 0 Å². The maximum atomic E-state index is 13.1. The Kier molecular flexibility index (Phi) is 4.01. The van der Waals surface area contributed by atoms with Crippen molar-refractivity contribution in [2.75, 3.05) is 6.61 Å². The number of ether oxygens (including phenoxy) is 1. The molecular weight excluding hydrogens is 273 g/mol. The van der Waals surface area contributed by atoms with Gasteiger partial charge in [-0.2, -0.15) is 0 Å². The van der Waals surface area contributed by atoms with Gasteiger partial charge < -0.3 is 14.5 Å². The van der Waals surface area contributed by atoms with Crippen molar-refractivity contribution in [1.82, 2.24) is 5.32 Å². The molecule has 2 aromatic rings. The molecule has 2 atom stereocenters. The minimum atomic E-state index is -0.300. The molecule has 1 aliphatic rings. The Labute approximate surface area is 121 Å². The molecule has 1 aromatic carbocycles. The van der Waals surface area contributed by atoms with Gasteiger partial charge in [0.2, 0.25) is 0 Å². The number of rotatable bonds is 4. The van der Waals surface area contributed by atoms with Crippen LogP contribution in [0.1, 0.15) is 34.8 Å². The van der Waals surface area contributed by atoms with Crippen LogP contribution >= 0.6 is 0 Å². The van der Waals surface area contributed by atoms with Crippen molar-refractivity contribution in [3.8, 4) is 0 Å². The maximum Gasteiger partial charge on any atom is 0.255 e. The lowest BCUT2D eigenvalue weighted by molar-refractivity contribution is 0.0672. The van der Waals surface area contributed by atoms with Crippen LogP contribution in [0.25, 0.3) is 0 Å². The molecule has 1 N–H and O–H groups in total. The molecule has 3 rings (SSSR count). The molecule has 0 radical (unpaired) electrons. The van der Waals surface area contributed by atoms with E-state index in [0.717, 1.165) is 18.4 Å². The molecule has 1 aliphatic heterocycles. The first kappa shape index (κ1) is 13.8. The first-order valence-corrected chi connectivity index (χ1v) is 6.94. The number of carbonyl (C=O) groups excluding carboxylic acids is 1. The van der Waals surface area contributed by atoms with Gasteiger partial charge in [-0.1, -0.05) is 12.1 Å². The summed E-state index contributed by atoms with van der Waals surface area (Å²) in [5.74, 6) is -0.528. The van der Waals surface area contributed by atoms with Crippen molar-refractivity contribution < 1.29 is 18.3 Å². The van der Waals surface area contributed by atoms with Crippen LogP contribution in [0.5, 0.6) is 0 Å². The predicted octanol–water partition coefficient (Wildman–Crippen LogP) is 3.07. The highest BCUT2D eigenvalue weighted by Gasteiger charge is 2.29. The molecule has 4 nitrogen and oxygen atoms in total. The van der Waals surface area contributed by atoms with Gasteiger partial charge in [0.1, 0.15) is 12.1 Å². The average molecular weight is 289 g/mol. The van der Waals surface area contributed by atoms with E-state index in [2.05, 4.69) is 5.32 Å². The summed E-state index contributed by atoms with van der Waals surface area (Å²) >= 11 is 0. The van der Waals surface area contributed by atoms with E-state index >= 15 is 0 Å². The summed E-state index contributed by atoms with van der Waals surface area (Å²) < 4.78 is 23.7. The number of furan rings is 1. The van der Waals surface area contributed by atoms with E-state index in [4.69, 9.17) is 9.15 Å². The summed E-state index contributed by atoms with van der Waals surface area (Å²) in [4.78, 5) is 12.2. The largest absolute Gasteiger partial charge is 0.472 e. The van der Waals surface area contributed by atoms with Gasteiger partial charge in [0.05, 0.1) is 24.0 Å². The fraction of sp³-hybridized carbons (Fsp3) is 0.312.